The summed E-state index contributed by atoms with van der Waals surface area (Å²) in [5.41, 5.74) is 8.40. The highest BCUT2D eigenvalue weighted by Crippen LogP contribution is 2.39. The van der Waals surface area contributed by atoms with Crippen LogP contribution in [0.2, 0.25) is 0 Å². The highest BCUT2D eigenvalue weighted by atomic mass is 15.4. The van der Waals surface area contributed by atoms with Crippen LogP contribution in [0.5, 0.6) is 0 Å². The zero-order valence-electron chi connectivity index (χ0n) is 16.1. The average Bonchev–Trinajstić information content (AvgIpc) is 3.37. The summed E-state index contributed by atoms with van der Waals surface area (Å²) in [6, 6.07) is 6.13. The molecule has 3 aromatic heterocycles. The highest BCUT2D eigenvalue weighted by molar-refractivity contribution is 5.94. The van der Waals surface area contributed by atoms with Crippen molar-refractivity contribution in [3.05, 3.63) is 48.7 Å². The number of nitrogens with one attached hydrogen (secondary N) is 2. The average molecular weight is 390 g/mol. The quantitative estimate of drug-likeness (QED) is 0.431. The normalized spacial score (nSPS) is 15.6. The first-order valence-electron chi connectivity index (χ1n) is 9.34. The lowest BCUT2D eigenvalue weighted by molar-refractivity contribution is 0.198. The van der Waals surface area contributed by atoms with Gasteiger partial charge in [-0.25, -0.2) is 4.98 Å². The van der Waals surface area contributed by atoms with Crippen LogP contribution in [0.1, 0.15) is 18.9 Å². The lowest BCUT2D eigenvalue weighted by atomic mass is 9.86. The van der Waals surface area contributed by atoms with E-state index in [1.807, 2.05) is 29.2 Å². The van der Waals surface area contributed by atoms with E-state index in [0.29, 0.717) is 31.0 Å². The van der Waals surface area contributed by atoms with Crippen molar-refractivity contribution in [2.45, 2.75) is 25.3 Å². The van der Waals surface area contributed by atoms with Gasteiger partial charge in [-0.2, -0.15) is 20.5 Å². The fourth-order valence-electron chi connectivity index (χ4n) is 3.45. The second-order valence-corrected chi connectivity index (χ2v) is 7.02. The van der Waals surface area contributed by atoms with Gasteiger partial charge in [-0.05, 0) is 24.1 Å². The molecule has 4 N–H and O–H groups in total. The lowest BCUT2D eigenvalue weighted by Crippen LogP contribution is -2.63. The molecule has 1 aliphatic rings. The first kappa shape index (κ1) is 18.5. The summed E-state index contributed by atoms with van der Waals surface area (Å²) < 4.78 is 1.93. The summed E-state index contributed by atoms with van der Waals surface area (Å²) in [5, 5.41) is 23.4. The molecular weight excluding hydrogens is 368 g/mol. The molecule has 148 valence electrons. The zero-order valence-corrected chi connectivity index (χ0v) is 16.1. The molecule has 0 radical (unpaired) electrons. The summed E-state index contributed by atoms with van der Waals surface area (Å²) in [6.07, 6.45) is 10.2. The Morgan fingerprint density at radius 3 is 3.00 bits per heavy atom. The fraction of sp³-hybridized carbons (Fsp3) is 0.316. The number of hydrogen-bond acceptors (Lipinski definition) is 6. The van der Waals surface area contributed by atoms with Gasteiger partial charge in [0.25, 0.3) is 0 Å². The van der Waals surface area contributed by atoms with Gasteiger partial charge in [0.05, 0.1) is 36.3 Å². The van der Waals surface area contributed by atoms with E-state index in [1.54, 1.807) is 18.6 Å². The third kappa shape index (κ3) is 3.62. The van der Waals surface area contributed by atoms with Crippen LogP contribution in [0, 0.1) is 11.3 Å². The highest BCUT2D eigenvalue weighted by Gasteiger charge is 2.46. The van der Waals surface area contributed by atoms with Gasteiger partial charge < -0.3 is 16.0 Å². The first-order valence-corrected chi connectivity index (χ1v) is 9.34. The van der Waals surface area contributed by atoms with Gasteiger partial charge in [0.1, 0.15) is 5.54 Å². The molecule has 0 aromatic carbocycles. The Morgan fingerprint density at radius 2 is 2.31 bits per heavy atom. The third-order valence-electron chi connectivity index (χ3n) is 5.01. The van der Waals surface area contributed by atoms with E-state index in [0.717, 1.165) is 17.7 Å². The van der Waals surface area contributed by atoms with Crippen molar-refractivity contribution in [1.82, 2.24) is 25.0 Å². The Labute approximate surface area is 168 Å². The van der Waals surface area contributed by atoms with E-state index in [4.69, 9.17) is 5.73 Å². The molecule has 10 heteroatoms. The number of nitrogens with zero attached hydrogens (tertiary/aromatic N) is 7. The van der Waals surface area contributed by atoms with Crippen molar-refractivity contribution in [2.24, 2.45) is 10.7 Å². The molecule has 0 saturated carbocycles. The standard InChI is InChI=1S/C19H22N10/c1-2-14-8-25-29(11-14)19(5-6-20)12-28(13-19)16-4-3-7-22-17(16)27-18(21)26-15-9-23-24-10-15/h3-4,7-11H,2,5,12-13H2,1H3,(H,23,24)(H3,21,22,26,27). The molecule has 4 rings (SSSR count). The maximum Gasteiger partial charge on any atom is 0.200 e. The van der Waals surface area contributed by atoms with Crippen molar-refractivity contribution in [1.29, 1.82) is 5.26 Å². The molecule has 0 bridgehead atoms. The molecule has 10 nitrogen and oxygen atoms in total. The van der Waals surface area contributed by atoms with Crippen molar-refractivity contribution >= 4 is 23.2 Å². The number of anilines is 2. The Hall–Kier alpha value is -3.87. The van der Waals surface area contributed by atoms with Gasteiger partial charge in [0.15, 0.2) is 11.8 Å². The number of aromatic nitrogens is 5. The molecule has 1 fully saturated rings. The molecule has 0 unspecified atom stereocenters. The maximum atomic E-state index is 9.37. The van der Waals surface area contributed by atoms with E-state index in [1.165, 1.54) is 0 Å². The number of aromatic amines is 1. The van der Waals surface area contributed by atoms with Gasteiger partial charge in [-0.3, -0.25) is 9.78 Å². The van der Waals surface area contributed by atoms with Crippen LogP contribution in [0.4, 0.5) is 17.2 Å². The largest absolute Gasteiger partial charge is 0.369 e. The summed E-state index contributed by atoms with van der Waals surface area (Å²) in [5.74, 6) is 0.732. The van der Waals surface area contributed by atoms with Crippen molar-refractivity contribution in [3.63, 3.8) is 0 Å². The van der Waals surface area contributed by atoms with Crippen LogP contribution in [0.25, 0.3) is 0 Å². The maximum absolute atomic E-state index is 9.37. The van der Waals surface area contributed by atoms with Gasteiger partial charge in [-0.15, -0.1) is 0 Å². The van der Waals surface area contributed by atoms with Crippen LogP contribution in [0.3, 0.4) is 0 Å². The molecule has 29 heavy (non-hydrogen) atoms. The van der Waals surface area contributed by atoms with Crippen molar-refractivity contribution < 1.29 is 0 Å². The SMILES string of the molecule is CCc1cnn(C2(CC#N)CN(c3cccnc3/N=C(\N)Nc3cn[nH]c3)C2)c1. The van der Waals surface area contributed by atoms with Crippen LogP contribution in [-0.2, 0) is 12.0 Å². The topological polar surface area (TPSA) is 137 Å². The number of pyridine rings is 1. The van der Waals surface area contributed by atoms with Crippen LogP contribution >= 0.6 is 0 Å². The molecule has 0 aliphatic carbocycles. The van der Waals surface area contributed by atoms with E-state index in [-0.39, 0.29) is 11.5 Å². The van der Waals surface area contributed by atoms with E-state index in [2.05, 4.69) is 48.5 Å². The monoisotopic (exact) mass is 390 g/mol. The van der Waals surface area contributed by atoms with Gasteiger partial charge in [0, 0.05) is 31.7 Å². The fourth-order valence-corrected chi connectivity index (χ4v) is 3.45. The molecule has 0 spiro atoms. The van der Waals surface area contributed by atoms with Gasteiger partial charge in [0.2, 0.25) is 0 Å². The van der Waals surface area contributed by atoms with E-state index < -0.39 is 0 Å². The number of H-pyrrole nitrogens is 1. The minimum Gasteiger partial charge on any atom is -0.369 e. The molecular formula is C19H22N10. The predicted molar refractivity (Wildman–Crippen MR) is 110 cm³/mol. The number of aliphatic imine (C=N–C) groups is 1. The van der Waals surface area contributed by atoms with Crippen molar-refractivity contribution in [3.8, 4) is 6.07 Å². The predicted octanol–water partition coefficient (Wildman–Crippen LogP) is 1.75. The lowest BCUT2D eigenvalue weighted by Gasteiger charge is -2.50. The van der Waals surface area contributed by atoms with E-state index >= 15 is 0 Å². The Balaban J connectivity index is 1.55. The smallest absolute Gasteiger partial charge is 0.200 e. The zero-order chi connectivity index (χ0) is 20.3. The number of hydrogen-bond donors (Lipinski definition) is 3. The number of nitriles is 1. The Kier molecular flexibility index (Phi) is 4.87. The van der Waals surface area contributed by atoms with Crippen molar-refractivity contribution in [2.75, 3.05) is 23.3 Å². The summed E-state index contributed by atoms with van der Waals surface area (Å²) in [7, 11) is 0. The summed E-state index contributed by atoms with van der Waals surface area (Å²) in [6.45, 7) is 3.39. The third-order valence-corrected chi connectivity index (χ3v) is 5.01. The molecule has 4 heterocycles. The Bertz CT molecular complexity index is 1040. The molecule has 1 saturated heterocycles. The number of guanidine groups is 1. The number of rotatable bonds is 6. The number of nitrogens with two attached hydrogens (primary N) is 1. The summed E-state index contributed by atoms with van der Waals surface area (Å²) >= 11 is 0. The minimum atomic E-state index is -0.348. The van der Waals surface area contributed by atoms with E-state index in [9.17, 15) is 5.26 Å². The van der Waals surface area contributed by atoms with Crippen LogP contribution < -0.4 is 16.0 Å². The first-order chi connectivity index (χ1) is 14.1. The Morgan fingerprint density at radius 1 is 1.45 bits per heavy atom. The molecule has 0 atom stereocenters. The number of aryl methyl sites for hydroxylation is 1. The van der Waals surface area contributed by atoms with Crippen LogP contribution in [0.15, 0.2) is 48.1 Å². The second-order valence-electron chi connectivity index (χ2n) is 7.02. The van der Waals surface area contributed by atoms with Crippen LogP contribution in [-0.4, -0.2) is 44.0 Å². The molecule has 1 aliphatic heterocycles. The van der Waals surface area contributed by atoms with Gasteiger partial charge >= 0.3 is 0 Å². The minimum absolute atomic E-state index is 0.217. The second kappa shape index (κ2) is 7.63. The van der Waals surface area contributed by atoms with Gasteiger partial charge in [-0.1, -0.05) is 6.92 Å². The molecule has 3 aromatic rings. The summed E-state index contributed by atoms with van der Waals surface area (Å²) in [4.78, 5) is 10.9. The molecule has 0 amide bonds.